The van der Waals surface area contributed by atoms with Crippen LogP contribution in [0.2, 0.25) is 0 Å². The van der Waals surface area contributed by atoms with Gasteiger partial charge >= 0.3 is 0 Å². The van der Waals surface area contributed by atoms with Crippen LogP contribution in [0.25, 0.3) is 11.7 Å². The Morgan fingerprint density at radius 3 is 2.59 bits per heavy atom. The lowest BCUT2D eigenvalue weighted by atomic mass is 10.1. The third kappa shape index (κ3) is 4.70. The Hall–Kier alpha value is -3.92. The van der Waals surface area contributed by atoms with E-state index in [1.807, 2.05) is 42.5 Å². The topological polar surface area (TPSA) is 90.5 Å². The van der Waals surface area contributed by atoms with Crippen molar-refractivity contribution in [1.82, 2.24) is 14.7 Å². The molecular formula is C25H25N5O2. The summed E-state index contributed by atoms with van der Waals surface area (Å²) in [7, 11) is 0. The summed E-state index contributed by atoms with van der Waals surface area (Å²) in [5.41, 5.74) is 1.51. The monoisotopic (exact) mass is 427 g/mol. The van der Waals surface area contributed by atoms with Gasteiger partial charge < -0.3 is 10.2 Å². The van der Waals surface area contributed by atoms with E-state index in [2.05, 4.69) is 10.2 Å². The van der Waals surface area contributed by atoms with Gasteiger partial charge in [-0.05, 0) is 49.5 Å². The summed E-state index contributed by atoms with van der Waals surface area (Å²) >= 11 is 0. The maximum Gasteiger partial charge on any atom is 0.267 e. The smallest absolute Gasteiger partial charge is 0.267 e. The van der Waals surface area contributed by atoms with Gasteiger partial charge in [-0.15, -0.1) is 0 Å². The van der Waals surface area contributed by atoms with Crippen LogP contribution in [0.4, 0.5) is 5.82 Å². The number of piperidine rings is 1. The van der Waals surface area contributed by atoms with Crippen molar-refractivity contribution in [2.45, 2.75) is 25.7 Å². The van der Waals surface area contributed by atoms with Gasteiger partial charge in [0, 0.05) is 25.8 Å². The molecule has 0 bridgehead atoms. The Bertz CT molecular complexity index is 1230. The maximum atomic E-state index is 13.3. The predicted octanol–water partition coefficient (Wildman–Crippen LogP) is 2.95. The number of anilines is 1. The summed E-state index contributed by atoms with van der Waals surface area (Å²) in [6.07, 6.45) is 6.87. The molecule has 162 valence electrons. The fourth-order valence-electron chi connectivity index (χ4n) is 3.92. The van der Waals surface area contributed by atoms with Gasteiger partial charge in [-0.3, -0.25) is 14.0 Å². The SMILES string of the molecule is N#C/C(=C\c1c(N2CCCCC2)nc2ccccn2c1=O)C(=O)NCCc1ccccc1. The second-order valence-corrected chi connectivity index (χ2v) is 7.79. The average Bonchev–Trinajstić information content (AvgIpc) is 2.84. The lowest BCUT2D eigenvalue weighted by molar-refractivity contribution is -0.117. The minimum absolute atomic E-state index is 0.105. The molecule has 0 spiro atoms. The van der Waals surface area contributed by atoms with E-state index in [9.17, 15) is 14.9 Å². The first-order valence-electron chi connectivity index (χ1n) is 10.9. The molecular weight excluding hydrogens is 402 g/mol. The van der Waals surface area contributed by atoms with E-state index >= 15 is 0 Å². The highest BCUT2D eigenvalue weighted by Gasteiger charge is 2.21. The number of carbonyl (C=O) groups is 1. The number of nitrogens with one attached hydrogen (secondary N) is 1. The molecule has 0 unspecified atom stereocenters. The number of hydrogen-bond acceptors (Lipinski definition) is 5. The molecule has 1 saturated heterocycles. The number of fused-ring (bicyclic) bond motifs is 1. The Kier molecular flexibility index (Phi) is 6.61. The molecule has 1 amide bonds. The molecule has 4 rings (SSSR count). The van der Waals surface area contributed by atoms with Gasteiger partial charge in [-0.1, -0.05) is 36.4 Å². The van der Waals surface area contributed by atoms with Gasteiger partial charge in [0.2, 0.25) is 0 Å². The van der Waals surface area contributed by atoms with Crippen molar-refractivity contribution in [3.05, 3.63) is 81.8 Å². The number of nitrogens with zero attached hydrogens (tertiary/aromatic N) is 4. The number of amides is 1. The van der Waals surface area contributed by atoms with Crippen molar-refractivity contribution in [3.63, 3.8) is 0 Å². The molecule has 0 saturated carbocycles. The van der Waals surface area contributed by atoms with E-state index < -0.39 is 5.91 Å². The van der Waals surface area contributed by atoms with Gasteiger partial charge in [0.15, 0.2) is 0 Å². The standard InChI is InChI=1S/C25H25N5O2/c26-18-20(24(31)27-13-12-19-9-3-1-4-10-19)17-21-23(29-14-6-2-7-15-29)28-22-11-5-8-16-30(22)25(21)32/h1,3-5,8-11,16-17H,2,6-7,12-15H2,(H,27,31)/b20-17+. The molecule has 1 aromatic carbocycles. The van der Waals surface area contributed by atoms with Gasteiger partial charge in [-0.2, -0.15) is 5.26 Å². The van der Waals surface area contributed by atoms with E-state index in [1.54, 1.807) is 18.3 Å². The maximum absolute atomic E-state index is 13.3. The zero-order chi connectivity index (χ0) is 22.3. The van der Waals surface area contributed by atoms with E-state index in [4.69, 9.17) is 4.98 Å². The van der Waals surface area contributed by atoms with E-state index in [0.29, 0.717) is 24.4 Å². The molecule has 1 fully saturated rings. The zero-order valence-corrected chi connectivity index (χ0v) is 17.8. The number of pyridine rings is 1. The van der Waals surface area contributed by atoms with Crippen molar-refractivity contribution in [2.24, 2.45) is 0 Å². The quantitative estimate of drug-likeness (QED) is 0.483. The highest BCUT2D eigenvalue weighted by atomic mass is 16.1. The van der Waals surface area contributed by atoms with Crippen LogP contribution in [-0.4, -0.2) is 34.9 Å². The van der Waals surface area contributed by atoms with Crippen molar-refractivity contribution >= 4 is 23.4 Å². The zero-order valence-electron chi connectivity index (χ0n) is 17.8. The normalized spacial score (nSPS) is 14.2. The molecule has 1 aliphatic heterocycles. The summed E-state index contributed by atoms with van der Waals surface area (Å²) in [4.78, 5) is 32.7. The number of nitriles is 1. The van der Waals surface area contributed by atoms with Crippen LogP contribution in [-0.2, 0) is 11.2 Å². The lowest BCUT2D eigenvalue weighted by Gasteiger charge is -2.29. The van der Waals surface area contributed by atoms with E-state index in [0.717, 1.165) is 37.9 Å². The number of benzene rings is 1. The van der Waals surface area contributed by atoms with Crippen LogP contribution in [0, 0.1) is 11.3 Å². The number of hydrogen-bond donors (Lipinski definition) is 1. The summed E-state index contributed by atoms with van der Waals surface area (Å²) in [6.45, 7) is 1.98. The molecule has 0 aliphatic carbocycles. The molecule has 0 radical (unpaired) electrons. The Balaban J connectivity index is 1.65. The fraction of sp³-hybridized carbons (Fsp3) is 0.280. The number of aromatic nitrogens is 2. The van der Waals surface area contributed by atoms with Crippen LogP contribution in [0.3, 0.4) is 0 Å². The molecule has 7 heteroatoms. The summed E-state index contributed by atoms with van der Waals surface area (Å²) in [5.74, 6) is 0.0383. The first kappa shape index (κ1) is 21.3. The molecule has 1 N–H and O–H groups in total. The van der Waals surface area contributed by atoms with Crippen LogP contribution in [0.15, 0.2) is 65.1 Å². The van der Waals surface area contributed by atoms with Crippen molar-refractivity contribution in [2.75, 3.05) is 24.5 Å². The molecule has 1 aliphatic rings. The van der Waals surface area contributed by atoms with Crippen LogP contribution in [0.1, 0.15) is 30.4 Å². The van der Waals surface area contributed by atoms with Gasteiger partial charge in [0.05, 0.1) is 5.56 Å². The van der Waals surface area contributed by atoms with Crippen LogP contribution in [0.5, 0.6) is 0 Å². The van der Waals surface area contributed by atoms with E-state index in [1.165, 1.54) is 10.5 Å². The van der Waals surface area contributed by atoms with Gasteiger partial charge in [-0.25, -0.2) is 4.98 Å². The molecule has 7 nitrogen and oxygen atoms in total. The van der Waals surface area contributed by atoms with Gasteiger partial charge in [0.25, 0.3) is 11.5 Å². The third-order valence-corrected chi connectivity index (χ3v) is 5.60. The van der Waals surface area contributed by atoms with Crippen LogP contribution < -0.4 is 15.8 Å². The molecule has 3 aromatic rings. The summed E-state index contributed by atoms with van der Waals surface area (Å²) in [6, 6.07) is 17.1. The highest BCUT2D eigenvalue weighted by Crippen LogP contribution is 2.22. The first-order chi connectivity index (χ1) is 15.7. The highest BCUT2D eigenvalue weighted by molar-refractivity contribution is 6.02. The number of rotatable bonds is 6. The second kappa shape index (κ2) is 9.92. The Morgan fingerprint density at radius 1 is 1.09 bits per heavy atom. The number of carbonyl (C=O) groups excluding carboxylic acids is 1. The average molecular weight is 428 g/mol. The molecule has 0 atom stereocenters. The molecule has 3 heterocycles. The van der Waals surface area contributed by atoms with Crippen LogP contribution >= 0.6 is 0 Å². The predicted molar refractivity (Wildman–Crippen MR) is 124 cm³/mol. The Labute approximate surface area is 186 Å². The summed E-state index contributed by atoms with van der Waals surface area (Å²) < 4.78 is 1.45. The third-order valence-electron chi connectivity index (χ3n) is 5.60. The van der Waals surface area contributed by atoms with Crippen molar-refractivity contribution < 1.29 is 4.79 Å². The summed E-state index contributed by atoms with van der Waals surface area (Å²) in [5, 5.41) is 12.4. The molecule has 2 aromatic heterocycles. The lowest BCUT2D eigenvalue weighted by Crippen LogP contribution is -2.34. The van der Waals surface area contributed by atoms with E-state index in [-0.39, 0.29) is 16.7 Å². The largest absolute Gasteiger partial charge is 0.356 e. The minimum atomic E-state index is -0.495. The fourth-order valence-corrected chi connectivity index (χ4v) is 3.92. The second-order valence-electron chi connectivity index (χ2n) is 7.79. The van der Waals surface area contributed by atoms with Gasteiger partial charge in [0.1, 0.15) is 23.1 Å². The van der Waals surface area contributed by atoms with Crippen molar-refractivity contribution in [1.29, 1.82) is 5.26 Å². The first-order valence-corrected chi connectivity index (χ1v) is 10.9. The molecule has 32 heavy (non-hydrogen) atoms. The Morgan fingerprint density at radius 2 is 1.84 bits per heavy atom. The minimum Gasteiger partial charge on any atom is -0.356 e. The van der Waals surface area contributed by atoms with Crippen molar-refractivity contribution in [3.8, 4) is 6.07 Å².